The molecule has 1 fully saturated rings. The molecule has 2 aromatic rings. The van der Waals surface area contributed by atoms with Gasteiger partial charge in [0, 0.05) is 43.0 Å². The van der Waals surface area contributed by atoms with Crippen LogP contribution in [-0.4, -0.2) is 47.1 Å². The van der Waals surface area contributed by atoms with Crippen molar-refractivity contribution in [1.29, 1.82) is 0 Å². The standard InChI is InChI=1S/C16H20N4O2/c1-3-14(21)20-8-10(9-20)19(2)13-5-4-12(16(17)22)15-11(13)6-7-18-15/h3-7,10,16,18,22H,1,8-9,17H2,2H3. The topological polar surface area (TPSA) is 85.6 Å². The number of nitrogens with two attached hydrogens (primary N) is 1. The minimum atomic E-state index is -1.01. The normalized spacial score (nSPS) is 16.4. The molecule has 0 bridgehead atoms. The molecule has 4 N–H and O–H groups in total. The number of nitrogens with one attached hydrogen (secondary N) is 1. The zero-order valence-corrected chi connectivity index (χ0v) is 12.5. The van der Waals surface area contributed by atoms with Gasteiger partial charge in [-0.25, -0.2) is 0 Å². The van der Waals surface area contributed by atoms with Crippen molar-refractivity contribution in [3.63, 3.8) is 0 Å². The Hall–Kier alpha value is -2.31. The van der Waals surface area contributed by atoms with Gasteiger partial charge in [0.2, 0.25) is 5.91 Å². The van der Waals surface area contributed by atoms with Crippen LogP contribution in [0.5, 0.6) is 0 Å². The van der Waals surface area contributed by atoms with Crippen molar-refractivity contribution >= 4 is 22.5 Å². The SMILES string of the molecule is C=CC(=O)N1CC(N(C)c2ccc(C(N)O)c3[nH]ccc23)C1. The fraction of sp³-hybridized carbons (Fsp3) is 0.312. The van der Waals surface area contributed by atoms with E-state index in [0.717, 1.165) is 16.6 Å². The first-order chi connectivity index (χ1) is 10.5. The number of hydrogen-bond donors (Lipinski definition) is 3. The van der Waals surface area contributed by atoms with E-state index in [9.17, 15) is 9.90 Å². The molecule has 3 rings (SSSR count). The number of fused-ring (bicyclic) bond motifs is 1. The van der Waals surface area contributed by atoms with Gasteiger partial charge in [0.15, 0.2) is 0 Å². The Labute approximate surface area is 128 Å². The molecule has 1 amide bonds. The molecule has 0 spiro atoms. The lowest BCUT2D eigenvalue weighted by molar-refractivity contribution is -0.130. The molecule has 1 aliphatic rings. The molecule has 0 saturated carbocycles. The first kappa shape index (κ1) is 14.6. The number of H-pyrrole nitrogens is 1. The number of aromatic amines is 1. The van der Waals surface area contributed by atoms with E-state index < -0.39 is 6.23 Å². The fourth-order valence-electron chi connectivity index (χ4n) is 2.92. The molecular formula is C16H20N4O2. The van der Waals surface area contributed by atoms with Crippen LogP contribution in [0.3, 0.4) is 0 Å². The van der Waals surface area contributed by atoms with E-state index in [1.807, 2.05) is 31.4 Å². The van der Waals surface area contributed by atoms with E-state index in [2.05, 4.69) is 16.5 Å². The number of benzene rings is 1. The second kappa shape index (κ2) is 5.47. The fourth-order valence-corrected chi connectivity index (χ4v) is 2.92. The molecular weight excluding hydrogens is 280 g/mol. The number of aromatic nitrogens is 1. The Morgan fingerprint density at radius 3 is 2.91 bits per heavy atom. The van der Waals surface area contributed by atoms with Crippen molar-refractivity contribution in [3.05, 3.63) is 42.6 Å². The molecule has 1 aliphatic heterocycles. The van der Waals surface area contributed by atoms with Gasteiger partial charge in [-0.15, -0.1) is 0 Å². The predicted octanol–water partition coefficient (Wildman–Crippen LogP) is 0.951. The number of likely N-dealkylation sites (N-methyl/N-ethyl adjacent to an activating group) is 1. The zero-order chi connectivity index (χ0) is 15.9. The first-order valence-electron chi connectivity index (χ1n) is 7.20. The summed E-state index contributed by atoms with van der Waals surface area (Å²) in [5.74, 6) is -0.0296. The summed E-state index contributed by atoms with van der Waals surface area (Å²) in [5, 5.41) is 10.7. The van der Waals surface area contributed by atoms with E-state index in [0.29, 0.717) is 18.7 Å². The Morgan fingerprint density at radius 1 is 1.55 bits per heavy atom. The van der Waals surface area contributed by atoms with Crippen LogP contribution in [0.1, 0.15) is 11.8 Å². The van der Waals surface area contributed by atoms with Gasteiger partial charge in [-0.1, -0.05) is 12.6 Å². The molecule has 116 valence electrons. The third-order valence-corrected chi connectivity index (χ3v) is 4.33. The minimum absolute atomic E-state index is 0.0296. The lowest BCUT2D eigenvalue weighted by atomic mass is 10.0. The number of aliphatic hydroxyl groups excluding tert-OH is 1. The average Bonchev–Trinajstić information content (AvgIpc) is 2.93. The van der Waals surface area contributed by atoms with Crippen molar-refractivity contribution in [3.8, 4) is 0 Å². The van der Waals surface area contributed by atoms with Crippen molar-refractivity contribution in [2.45, 2.75) is 12.3 Å². The molecule has 22 heavy (non-hydrogen) atoms. The first-order valence-corrected chi connectivity index (χ1v) is 7.20. The van der Waals surface area contributed by atoms with Crippen molar-refractivity contribution in [1.82, 2.24) is 9.88 Å². The number of carbonyl (C=O) groups excluding carboxylic acids is 1. The molecule has 2 heterocycles. The van der Waals surface area contributed by atoms with E-state index in [-0.39, 0.29) is 11.9 Å². The number of carbonyl (C=O) groups is 1. The minimum Gasteiger partial charge on any atom is -0.374 e. The smallest absolute Gasteiger partial charge is 0.246 e. The largest absolute Gasteiger partial charge is 0.374 e. The van der Waals surface area contributed by atoms with E-state index in [1.54, 1.807) is 4.90 Å². The van der Waals surface area contributed by atoms with Gasteiger partial charge < -0.3 is 25.6 Å². The van der Waals surface area contributed by atoms with E-state index in [4.69, 9.17) is 5.73 Å². The van der Waals surface area contributed by atoms with Crippen LogP contribution >= 0.6 is 0 Å². The number of aliphatic hydroxyl groups is 1. The highest BCUT2D eigenvalue weighted by Crippen LogP contribution is 2.32. The van der Waals surface area contributed by atoms with Crippen LogP contribution in [0.4, 0.5) is 5.69 Å². The molecule has 0 radical (unpaired) electrons. The Morgan fingerprint density at radius 2 is 2.27 bits per heavy atom. The Balaban J connectivity index is 1.85. The summed E-state index contributed by atoms with van der Waals surface area (Å²) in [7, 11) is 2.01. The molecule has 1 saturated heterocycles. The number of amides is 1. The van der Waals surface area contributed by atoms with Crippen molar-refractivity contribution in [2.24, 2.45) is 5.73 Å². The Kier molecular flexibility index (Phi) is 3.64. The van der Waals surface area contributed by atoms with E-state index in [1.165, 1.54) is 6.08 Å². The quantitative estimate of drug-likeness (QED) is 0.580. The number of anilines is 1. The molecule has 1 atom stereocenters. The summed E-state index contributed by atoms with van der Waals surface area (Å²) < 4.78 is 0. The van der Waals surface area contributed by atoms with Gasteiger partial charge >= 0.3 is 0 Å². The summed E-state index contributed by atoms with van der Waals surface area (Å²) in [4.78, 5) is 18.6. The van der Waals surface area contributed by atoms with Gasteiger partial charge in [-0.3, -0.25) is 4.79 Å². The number of nitrogens with zero attached hydrogens (tertiary/aromatic N) is 2. The zero-order valence-electron chi connectivity index (χ0n) is 12.5. The summed E-state index contributed by atoms with van der Waals surface area (Å²) in [6.45, 7) is 4.89. The summed E-state index contributed by atoms with van der Waals surface area (Å²) in [6.07, 6.45) is 2.17. The summed E-state index contributed by atoms with van der Waals surface area (Å²) in [5.41, 5.74) is 8.17. The lowest BCUT2D eigenvalue weighted by Gasteiger charge is -2.44. The molecule has 1 aromatic heterocycles. The van der Waals surface area contributed by atoms with Crippen LogP contribution < -0.4 is 10.6 Å². The molecule has 6 heteroatoms. The number of hydrogen-bond acceptors (Lipinski definition) is 4. The summed E-state index contributed by atoms with van der Waals surface area (Å²) >= 11 is 0. The number of likely N-dealkylation sites (tertiary alicyclic amines) is 1. The van der Waals surface area contributed by atoms with Gasteiger partial charge in [-0.05, 0) is 18.2 Å². The monoisotopic (exact) mass is 300 g/mol. The highest BCUT2D eigenvalue weighted by Gasteiger charge is 2.33. The molecule has 6 nitrogen and oxygen atoms in total. The van der Waals surface area contributed by atoms with Crippen LogP contribution in [0.2, 0.25) is 0 Å². The van der Waals surface area contributed by atoms with Crippen LogP contribution in [0.15, 0.2) is 37.1 Å². The highest BCUT2D eigenvalue weighted by molar-refractivity contribution is 5.95. The van der Waals surface area contributed by atoms with Crippen molar-refractivity contribution in [2.75, 3.05) is 25.0 Å². The maximum atomic E-state index is 11.5. The third-order valence-electron chi connectivity index (χ3n) is 4.33. The molecule has 0 aliphatic carbocycles. The number of rotatable bonds is 4. The lowest BCUT2D eigenvalue weighted by Crippen LogP contribution is -2.60. The molecule has 1 aromatic carbocycles. The summed E-state index contributed by atoms with van der Waals surface area (Å²) in [6, 6.07) is 6.04. The molecule has 1 unspecified atom stereocenters. The maximum Gasteiger partial charge on any atom is 0.246 e. The Bertz CT molecular complexity index is 716. The predicted molar refractivity (Wildman–Crippen MR) is 86.4 cm³/mol. The van der Waals surface area contributed by atoms with Crippen LogP contribution in [0, 0.1) is 0 Å². The van der Waals surface area contributed by atoms with E-state index >= 15 is 0 Å². The third kappa shape index (κ3) is 2.26. The van der Waals surface area contributed by atoms with Gasteiger partial charge in [0.05, 0.1) is 11.6 Å². The van der Waals surface area contributed by atoms with Crippen LogP contribution in [0.25, 0.3) is 10.9 Å². The van der Waals surface area contributed by atoms with Crippen LogP contribution in [-0.2, 0) is 4.79 Å². The van der Waals surface area contributed by atoms with Crippen molar-refractivity contribution < 1.29 is 9.90 Å². The second-order valence-electron chi connectivity index (χ2n) is 5.60. The van der Waals surface area contributed by atoms with Gasteiger partial charge in [-0.2, -0.15) is 0 Å². The maximum absolute atomic E-state index is 11.5. The van der Waals surface area contributed by atoms with Gasteiger partial charge in [0.1, 0.15) is 6.23 Å². The average molecular weight is 300 g/mol. The highest BCUT2D eigenvalue weighted by atomic mass is 16.3. The second-order valence-corrected chi connectivity index (χ2v) is 5.60. The van der Waals surface area contributed by atoms with Gasteiger partial charge in [0.25, 0.3) is 0 Å².